The molecule has 0 saturated carbocycles. The maximum Gasteiger partial charge on any atom is 0.192 e. The average Bonchev–Trinajstić information content (AvgIpc) is 2.20. The zero-order valence-electron chi connectivity index (χ0n) is 13.3. The number of piperazine rings is 1. The minimum atomic E-state index is -1.58. The first kappa shape index (κ1) is 16.2. The van der Waals surface area contributed by atoms with Crippen LogP contribution in [0, 0.1) is 0 Å². The molecule has 1 heterocycles. The van der Waals surface area contributed by atoms with Crippen LogP contribution in [0.1, 0.15) is 34.6 Å². The topological polar surface area (TPSA) is 24.5 Å². The summed E-state index contributed by atoms with van der Waals surface area (Å²) >= 11 is 0. The number of hydrogen-bond donors (Lipinski definition) is 1. The van der Waals surface area contributed by atoms with Gasteiger partial charge >= 0.3 is 0 Å². The van der Waals surface area contributed by atoms with Crippen LogP contribution in [0.15, 0.2) is 0 Å². The Morgan fingerprint density at radius 1 is 1.17 bits per heavy atom. The van der Waals surface area contributed by atoms with Gasteiger partial charge in [0, 0.05) is 38.3 Å². The molecule has 0 spiro atoms. The van der Waals surface area contributed by atoms with Crippen molar-refractivity contribution in [2.45, 2.75) is 64.8 Å². The molecule has 1 N–H and O–H groups in total. The highest BCUT2D eigenvalue weighted by atomic mass is 28.4. The third-order valence-electron chi connectivity index (χ3n) is 4.63. The molecule has 1 rings (SSSR count). The summed E-state index contributed by atoms with van der Waals surface area (Å²) in [6.45, 7) is 20.3. The highest BCUT2D eigenvalue weighted by molar-refractivity contribution is 6.74. The Morgan fingerprint density at radius 3 is 2.11 bits per heavy atom. The molecular formula is C14H32N2OSi. The molecule has 0 radical (unpaired) electrons. The maximum atomic E-state index is 6.27. The molecule has 108 valence electrons. The first-order valence-corrected chi connectivity index (χ1v) is 10.2. The van der Waals surface area contributed by atoms with Crippen molar-refractivity contribution in [3.8, 4) is 0 Å². The molecule has 1 fully saturated rings. The second kappa shape index (κ2) is 6.03. The Hall–Kier alpha value is 0.0969. The summed E-state index contributed by atoms with van der Waals surface area (Å²) in [6, 6.07) is 1.24. The van der Waals surface area contributed by atoms with Gasteiger partial charge in [0.15, 0.2) is 8.32 Å². The molecule has 18 heavy (non-hydrogen) atoms. The summed E-state index contributed by atoms with van der Waals surface area (Å²) < 4.78 is 6.27. The molecule has 2 unspecified atom stereocenters. The Labute approximate surface area is 114 Å². The van der Waals surface area contributed by atoms with Gasteiger partial charge in [0.25, 0.3) is 0 Å². The zero-order valence-corrected chi connectivity index (χ0v) is 14.3. The van der Waals surface area contributed by atoms with Gasteiger partial charge in [0.2, 0.25) is 0 Å². The van der Waals surface area contributed by atoms with E-state index in [1.807, 2.05) is 0 Å². The molecule has 0 aromatic heterocycles. The van der Waals surface area contributed by atoms with E-state index in [1.165, 1.54) is 0 Å². The number of hydrogen-bond acceptors (Lipinski definition) is 3. The van der Waals surface area contributed by atoms with E-state index in [4.69, 9.17) is 4.43 Å². The van der Waals surface area contributed by atoms with Gasteiger partial charge in [-0.15, -0.1) is 0 Å². The second-order valence-corrected chi connectivity index (χ2v) is 12.0. The van der Waals surface area contributed by atoms with Crippen molar-refractivity contribution in [2.75, 3.05) is 26.2 Å². The first-order valence-electron chi connectivity index (χ1n) is 7.25. The Morgan fingerprint density at radius 2 is 1.67 bits per heavy atom. The lowest BCUT2D eigenvalue weighted by Gasteiger charge is -2.41. The van der Waals surface area contributed by atoms with Gasteiger partial charge in [-0.2, -0.15) is 0 Å². The van der Waals surface area contributed by atoms with Crippen molar-refractivity contribution >= 4 is 8.32 Å². The van der Waals surface area contributed by atoms with Crippen LogP contribution in [0.2, 0.25) is 18.1 Å². The summed E-state index contributed by atoms with van der Waals surface area (Å²) in [5.74, 6) is 0. The fourth-order valence-corrected chi connectivity index (χ4v) is 3.27. The van der Waals surface area contributed by atoms with Gasteiger partial charge in [0.05, 0.1) is 0 Å². The first-order chi connectivity index (χ1) is 8.15. The fraction of sp³-hybridized carbons (Fsp3) is 1.00. The minimum Gasteiger partial charge on any atom is -0.416 e. The van der Waals surface area contributed by atoms with Crippen LogP contribution in [0.4, 0.5) is 0 Å². The van der Waals surface area contributed by atoms with Gasteiger partial charge in [-0.05, 0) is 32.0 Å². The van der Waals surface area contributed by atoms with Crippen molar-refractivity contribution in [3.63, 3.8) is 0 Å². The molecule has 4 heteroatoms. The van der Waals surface area contributed by atoms with Crippen LogP contribution < -0.4 is 5.32 Å². The van der Waals surface area contributed by atoms with Crippen LogP contribution in [-0.4, -0.2) is 51.5 Å². The number of nitrogens with one attached hydrogen (secondary N) is 1. The molecule has 1 aliphatic heterocycles. The van der Waals surface area contributed by atoms with E-state index in [2.05, 4.69) is 57.9 Å². The van der Waals surface area contributed by atoms with E-state index in [-0.39, 0.29) is 0 Å². The second-order valence-electron chi connectivity index (χ2n) is 7.20. The van der Waals surface area contributed by atoms with Crippen molar-refractivity contribution in [1.82, 2.24) is 10.2 Å². The van der Waals surface area contributed by atoms with E-state index >= 15 is 0 Å². The van der Waals surface area contributed by atoms with Crippen LogP contribution in [0.25, 0.3) is 0 Å². The van der Waals surface area contributed by atoms with Gasteiger partial charge in [-0.1, -0.05) is 20.8 Å². The van der Waals surface area contributed by atoms with Crippen molar-refractivity contribution in [1.29, 1.82) is 0 Å². The SMILES string of the molecule is CC1CNCC(C)N1CCO[Si](C)(C)C(C)(C)C. The van der Waals surface area contributed by atoms with Crippen LogP contribution in [-0.2, 0) is 4.43 Å². The van der Waals surface area contributed by atoms with E-state index < -0.39 is 8.32 Å². The Kier molecular flexibility index (Phi) is 5.41. The van der Waals surface area contributed by atoms with Gasteiger partial charge < -0.3 is 9.74 Å². The zero-order chi connectivity index (χ0) is 14.0. The average molecular weight is 273 g/mol. The summed E-state index contributed by atoms with van der Waals surface area (Å²) in [6.07, 6.45) is 0. The van der Waals surface area contributed by atoms with Crippen molar-refractivity contribution in [2.24, 2.45) is 0 Å². The third-order valence-corrected chi connectivity index (χ3v) is 9.17. The molecule has 0 aromatic carbocycles. The summed E-state index contributed by atoms with van der Waals surface area (Å²) in [5, 5.41) is 3.78. The lowest BCUT2D eigenvalue weighted by Crippen LogP contribution is -2.56. The summed E-state index contributed by atoms with van der Waals surface area (Å²) in [4.78, 5) is 2.57. The molecule has 0 bridgehead atoms. The molecule has 0 amide bonds. The lowest BCUT2D eigenvalue weighted by molar-refractivity contribution is 0.0935. The van der Waals surface area contributed by atoms with E-state index in [1.54, 1.807) is 0 Å². The molecule has 0 aliphatic carbocycles. The van der Waals surface area contributed by atoms with Crippen molar-refractivity contribution in [3.05, 3.63) is 0 Å². The van der Waals surface area contributed by atoms with E-state index in [0.717, 1.165) is 26.2 Å². The fourth-order valence-electron chi connectivity index (χ4n) is 2.23. The molecule has 2 atom stereocenters. The largest absolute Gasteiger partial charge is 0.416 e. The third kappa shape index (κ3) is 4.05. The predicted molar refractivity (Wildman–Crippen MR) is 81.6 cm³/mol. The Balaban J connectivity index is 2.41. The molecule has 0 aromatic rings. The number of rotatable bonds is 4. The molecule has 3 nitrogen and oxygen atoms in total. The highest BCUT2D eigenvalue weighted by Gasteiger charge is 2.37. The van der Waals surface area contributed by atoms with Gasteiger partial charge in [-0.3, -0.25) is 4.90 Å². The summed E-state index contributed by atoms with van der Waals surface area (Å²) in [5.41, 5.74) is 0. The lowest BCUT2D eigenvalue weighted by atomic mass is 10.1. The monoisotopic (exact) mass is 272 g/mol. The van der Waals surface area contributed by atoms with Crippen LogP contribution in [0.5, 0.6) is 0 Å². The van der Waals surface area contributed by atoms with E-state index in [9.17, 15) is 0 Å². The maximum absolute atomic E-state index is 6.27. The van der Waals surface area contributed by atoms with Crippen molar-refractivity contribution < 1.29 is 4.43 Å². The molecular weight excluding hydrogens is 240 g/mol. The smallest absolute Gasteiger partial charge is 0.192 e. The molecule has 1 aliphatic rings. The number of nitrogens with zero attached hydrogens (tertiary/aromatic N) is 1. The van der Waals surface area contributed by atoms with Gasteiger partial charge in [-0.25, -0.2) is 0 Å². The van der Waals surface area contributed by atoms with Crippen LogP contribution in [0.3, 0.4) is 0 Å². The quantitative estimate of drug-likeness (QED) is 0.796. The minimum absolute atomic E-state index is 0.313. The van der Waals surface area contributed by atoms with E-state index in [0.29, 0.717) is 17.1 Å². The molecule has 1 saturated heterocycles. The summed E-state index contributed by atoms with van der Waals surface area (Å²) in [7, 11) is -1.58. The van der Waals surface area contributed by atoms with Gasteiger partial charge in [0.1, 0.15) is 0 Å². The highest BCUT2D eigenvalue weighted by Crippen LogP contribution is 2.36. The normalized spacial score (nSPS) is 27.5. The predicted octanol–water partition coefficient (Wildman–Crippen LogP) is 2.69. The Bertz CT molecular complexity index is 253. The standard InChI is InChI=1S/C14H32N2OSi/c1-12-10-15-11-13(2)16(12)8-9-17-18(6,7)14(3,4)5/h12-13,15H,8-11H2,1-7H3. The van der Waals surface area contributed by atoms with Crippen LogP contribution >= 0.6 is 0 Å².